The first-order chi connectivity index (χ1) is 7.00. The number of halogens is 1. The zero-order valence-corrected chi connectivity index (χ0v) is 11.3. The smallest absolute Gasteiger partial charge is 0.0659 e. The molecular weight excluding hydrogens is 252 g/mol. The van der Waals surface area contributed by atoms with Gasteiger partial charge in [0.1, 0.15) is 0 Å². The van der Waals surface area contributed by atoms with Crippen LogP contribution in [-0.4, -0.2) is 15.1 Å². The van der Waals surface area contributed by atoms with Gasteiger partial charge in [-0.15, -0.1) is 0 Å². The van der Waals surface area contributed by atoms with Gasteiger partial charge in [-0.25, -0.2) is 0 Å². The number of rotatable bonds is 1. The molecule has 1 aliphatic rings. The van der Waals surface area contributed by atoms with E-state index in [1.54, 1.807) is 0 Å². The van der Waals surface area contributed by atoms with E-state index >= 15 is 0 Å². The van der Waals surface area contributed by atoms with Crippen molar-refractivity contribution in [2.24, 2.45) is 5.92 Å². The first-order valence-electron chi connectivity index (χ1n) is 5.64. The van der Waals surface area contributed by atoms with Crippen LogP contribution >= 0.6 is 15.9 Å². The molecule has 2 nitrogen and oxygen atoms in total. The Balaban J connectivity index is 2.26. The van der Waals surface area contributed by atoms with E-state index in [0.717, 1.165) is 17.7 Å². The quantitative estimate of drug-likeness (QED) is 0.717. The lowest BCUT2D eigenvalue weighted by atomic mass is 9.90. The fourth-order valence-corrected chi connectivity index (χ4v) is 2.59. The molecule has 3 heteroatoms. The minimum atomic E-state index is 0.112. The van der Waals surface area contributed by atoms with Gasteiger partial charge in [-0.2, -0.15) is 5.10 Å². The van der Waals surface area contributed by atoms with Gasteiger partial charge in [-0.3, -0.25) is 4.68 Å². The molecule has 84 valence electrons. The molecule has 0 saturated heterocycles. The largest absolute Gasteiger partial charge is 0.267 e. The van der Waals surface area contributed by atoms with Gasteiger partial charge in [0, 0.05) is 11.5 Å². The van der Waals surface area contributed by atoms with Gasteiger partial charge in [0.15, 0.2) is 0 Å². The monoisotopic (exact) mass is 270 g/mol. The molecule has 1 aromatic heterocycles. The van der Waals surface area contributed by atoms with Crippen LogP contribution in [0.15, 0.2) is 6.20 Å². The number of fused-ring (bicyclic) bond motifs is 1. The van der Waals surface area contributed by atoms with Crippen molar-refractivity contribution in [2.45, 2.75) is 45.6 Å². The Bertz CT molecular complexity index is 349. The van der Waals surface area contributed by atoms with E-state index in [1.165, 1.54) is 24.1 Å². The highest BCUT2D eigenvalue weighted by Gasteiger charge is 2.23. The molecule has 0 bridgehead atoms. The number of hydrogen-bond acceptors (Lipinski definition) is 1. The zero-order valence-electron chi connectivity index (χ0n) is 9.76. The summed E-state index contributed by atoms with van der Waals surface area (Å²) >= 11 is 3.57. The van der Waals surface area contributed by atoms with E-state index in [4.69, 9.17) is 5.10 Å². The van der Waals surface area contributed by atoms with Crippen LogP contribution in [0.25, 0.3) is 0 Å². The number of aryl methyl sites for hydroxylation is 1. The average Bonchev–Trinajstić information content (AvgIpc) is 2.59. The van der Waals surface area contributed by atoms with E-state index in [0.29, 0.717) is 0 Å². The normalized spacial score (nSPS) is 21.5. The minimum Gasteiger partial charge on any atom is -0.267 e. The van der Waals surface area contributed by atoms with Crippen molar-refractivity contribution in [3.63, 3.8) is 0 Å². The van der Waals surface area contributed by atoms with Gasteiger partial charge in [-0.05, 0) is 51.5 Å². The SMILES string of the molecule is CC(C)(C)n1cc2c(n1)CC(CBr)CC2. The highest BCUT2D eigenvalue weighted by molar-refractivity contribution is 9.09. The molecule has 1 aromatic rings. The molecule has 1 aliphatic carbocycles. The van der Waals surface area contributed by atoms with E-state index in [1.807, 2.05) is 0 Å². The van der Waals surface area contributed by atoms with Crippen molar-refractivity contribution in [1.82, 2.24) is 9.78 Å². The summed E-state index contributed by atoms with van der Waals surface area (Å²) in [6.07, 6.45) is 5.87. The van der Waals surface area contributed by atoms with Crippen molar-refractivity contribution >= 4 is 15.9 Å². The Morgan fingerprint density at radius 2 is 2.27 bits per heavy atom. The van der Waals surface area contributed by atoms with Crippen molar-refractivity contribution in [2.75, 3.05) is 5.33 Å². The molecule has 0 spiro atoms. The standard InChI is InChI=1S/C12H19BrN2/c1-12(2,3)15-8-10-5-4-9(7-13)6-11(10)14-15/h8-9H,4-7H2,1-3H3. The van der Waals surface area contributed by atoms with Gasteiger partial charge in [0.05, 0.1) is 11.2 Å². The Morgan fingerprint density at radius 1 is 1.53 bits per heavy atom. The van der Waals surface area contributed by atoms with Crippen LogP contribution in [-0.2, 0) is 18.4 Å². The molecule has 1 unspecified atom stereocenters. The summed E-state index contributed by atoms with van der Waals surface area (Å²) in [6.45, 7) is 6.61. The lowest BCUT2D eigenvalue weighted by Crippen LogP contribution is -2.22. The molecule has 0 aliphatic heterocycles. The molecule has 0 N–H and O–H groups in total. The highest BCUT2D eigenvalue weighted by atomic mass is 79.9. The number of alkyl halides is 1. The Labute approximate surface area is 100 Å². The van der Waals surface area contributed by atoms with E-state index < -0.39 is 0 Å². The molecule has 1 heterocycles. The molecule has 15 heavy (non-hydrogen) atoms. The number of hydrogen-bond donors (Lipinski definition) is 0. The van der Waals surface area contributed by atoms with Crippen LogP contribution in [0.2, 0.25) is 0 Å². The van der Waals surface area contributed by atoms with Gasteiger partial charge in [-0.1, -0.05) is 15.9 Å². The van der Waals surface area contributed by atoms with Gasteiger partial charge in [0.25, 0.3) is 0 Å². The van der Waals surface area contributed by atoms with Crippen LogP contribution in [0.1, 0.15) is 38.4 Å². The fraction of sp³-hybridized carbons (Fsp3) is 0.750. The molecule has 0 amide bonds. The highest BCUT2D eigenvalue weighted by Crippen LogP contribution is 2.27. The predicted octanol–water partition coefficient (Wildman–Crippen LogP) is 3.14. The lowest BCUT2D eigenvalue weighted by molar-refractivity contribution is 0.352. The van der Waals surface area contributed by atoms with E-state index in [2.05, 4.69) is 47.6 Å². The predicted molar refractivity (Wildman–Crippen MR) is 66.5 cm³/mol. The van der Waals surface area contributed by atoms with Crippen molar-refractivity contribution < 1.29 is 0 Å². The first kappa shape index (κ1) is 11.2. The fourth-order valence-electron chi connectivity index (χ4n) is 2.04. The molecule has 0 aromatic carbocycles. The molecule has 0 fully saturated rings. The molecule has 0 radical (unpaired) electrons. The Morgan fingerprint density at radius 3 is 2.87 bits per heavy atom. The summed E-state index contributed by atoms with van der Waals surface area (Å²) in [7, 11) is 0. The number of aromatic nitrogens is 2. The third-order valence-corrected chi connectivity index (χ3v) is 4.00. The summed E-state index contributed by atoms with van der Waals surface area (Å²) in [5.74, 6) is 0.779. The van der Waals surface area contributed by atoms with Crippen LogP contribution in [0.3, 0.4) is 0 Å². The third kappa shape index (κ3) is 2.27. The van der Waals surface area contributed by atoms with Crippen molar-refractivity contribution in [3.05, 3.63) is 17.5 Å². The zero-order chi connectivity index (χ0) is 11.1. The number of nitrogens with zero attached hydrogens (tertiary/aromatic N) is 2. The minimum absolute atomic E-state index is 0.112. The third-order valence-electron chi connectivity index (χ3n) is 3.09. The van der Waals surface area contributed by atoms with Gasteiger partial charge in [0.2, 0.25) is 0 Å². The van der Waals surface area contributed by atoms with Crippen LogP contribution in [0.5, 0.6) is 0 Å². The summed E-state index contributed by atoms with van der Waals surface area (Å²) in [5.41, 5.74) is 2.89. The van der Waals surface area contributed by atoms with E-state index in [-0.39, 0.29) is 5.54 Å². The second-order valence-corrected chi connectivity index (χ2v) is 6.13. The maximum atomic E-state index is 4.72. The molecule has 0 saturated carbocycles. The Hall–Kier alpha value is -0.310. The molecular formula is C12H19BrN2. The maximum absolute atomic E-state index is 4.72. The van der Waals surface area contributed by atoms with Gasteiger partial charge < -0.3 is 0 Å². The van der Waals surface area contributed by atoms with Crippen molar-refractivity contribution in [3.8, 4) is 0 Å². The van der Waals surface area contributed by atoms with E-state index in [9.17, 15) is 0 Å². The summed E-state index contributed by atoms with van der Waals surface area (Å²) < 4.78 is 2.12. The second kappa shape index (κ2) is 3.93. The lowest BCUT2D eigenvalue weighted by Gasteiger charge is -2.19. The summed E-state index contributed by atoms with van der Waals surface area (Å²) in [6, 6.07) is 0. The van der Waals surface area contributed by atoms with Crippen LogP contribution in [0, 0.1) is 5.92 Å². The maximum Gasteiger partial charge on any atom is 0.0659 e. The van der Waals surface area contributed by atoms with Crippen molar-refractivity contribution in [1.29, 1.82) is 0 Å². The first-order valence-corrected chi connectivity index (χ1v) is 6.76. The molecule has 2 rings (SSSR count). The van der Waals surface area contributed by atoms with Crippen LogP contribution < -0.4 is 0 Å². The Kier molecular flexibility index (Phi) is 2.93. The topological polar surface area (TPSA) is 17.8 Å². The average molecular weight is 271 g/mol. The second-order valence-electron chi connectivity index (χ2n) is 5.48. The van der Waals surface area contributed by atoms with Crippen LogP contribution in [0.4, 0.5) is 0 Å². The summed E-state index contributed by atoms with van der Waals surface area (Å²) in [4.78, 5) is 0. The van der Waals surface area contributed by atoms with Gasteiger partial charge >= 0.3 is 0 Å². The summed E-state index contributed by atoms with van der Waals surface area (Å²) in [5, 5.41) is 5.82. The molecule has 1 atom stereocenters.